The topological polar surface area (TPSA) is 105 Å². The van der Waals surface area contributed by atoms with Gasteiger partial charge in [0.2, 0.25) is 21.8 Å². The minimum atomic E-state index is -3.91. The Bertz CT molecular complexity index is 1180. The number of benzene rings is 2. The molecule has 2 aromatic rings. The first-order valence-corrected chi connectivity index (χ1v) is 13.2. The van der Waals surface area contributed by atoms with E-state index < -0.39 is 28.5 Å². The van der Waals surface area contributed by atoms with E-state index in [0.717, 1.165) is 10.6 Å². The highest BCUT2D eigenvalue weighted by Gasteiger charge is 2.31. The molecule has 0 aliphatic heterocycles. The van der Waals surface area contributed by atoms with Crippen molar-refractivity contribution in [3.8, 4) is 11.5 Å². The minimum absolute atomic E-state index is 0.00533. The minimum Gasteiger partial charge on any atom is -0.497 e. The number of anilines is 1. The molecule has 2 amide bonds. The van der Waals surface area contributed by atoms with Gasteiger partial charge in [-0.25, -0.2) is 8.42 Å². The molecule has 2 rings (SSSR count). The van der Waals surface area contributed by atoms with Gasteiger partial charge in [-0.1, -0.05) is 29.3 Å². The summed E-state index contributed by atoms with van der Waals surface area (Å²) in [5, 5.41) is 3.33. The van der Waals surface area contributed by atoms with E-state index in [1.807, 2.05) is 0 Å². The highest BCUT2D eigenvalue weighted by atomic mass is 35.5. The number of sulfonamides is 1. The van der Waals surface area contributed by atoms with Gasteiger partial charge in [-0.15, -0.1) is 0 Å². The molecule has 0 saturated heterocycles. The Labute approximate surface area is 215 Å². The van der Waals surface area contributed by atoms with Crippen molar-refractivity contribution in [1.29, 1.82) is 0 Å². The summed E-state index contributed by atoms with van der Waals surface area (Å²) in [4.78, 5) is 27.4. The van der Waals surface area contributed by atoms with Gasteiger partial charge in [-0.05, 0) is 43.7 Å². The second-order valence-corrected chi connectivity index (χ2v) is 10.4. The van der Waals surface area contributed by atoms with Gasteiger partial charge >= 0.3 is 0 Å². The van der Waals surface area contributed by atoms with Crippen molar-refractivity contribution in [3.05, 3.63) is 52.0 Å². The van der Waals surface area contributed by atoms with Crippen LogP contribution in [-0.2, 0) is 26.2 Å². The lowest BCUT2D eigenvalue weighted by atomic mass is 10.1. The van der Waals surface area contributed by atoms with Gasteiger partial charge in [0.15, 0.2) is 0 Å². The Morgan fingerprint density at radius 2 is 1.74 bits per heavy atom. The lowest BCUT2D eigenvalue weighted by Gasteiger charge is -2.31. The normalized spacial score (nSPS) is 12.0. The van der Waals surface area contributed by atoms with Crippen molar-refractivity contribution in [2.45, 2.75) is 26.4 Å². The molecule has 1 atom stereocenters. The van der Waals surface area contributed by atoms with Crippen LogP contribution in [0, 0.1) is 0 Å². The Morgan fingerprint density at radius 3 is 2.29 bits per heavy atom. The lowest BCUT2D eigenvalue weighted by Crippen LogP contribution is -2.51. The molecule has 0 spiro atoms. The monoisotopic (exact) mass is 545 g/mol. The van der Waals surface area contributed by atoms with Crippen LogP contribution in [0.2, 0.25) is 10.0 Å². The van der Waals surface area contributed by atoms with Gasteiger partial charge in [0.25, 0.3) is 0 Å². The Hall–Kier alpha value is -2.69. The van der Waals surface area contributed by atoms with E-state index in [4.69, 9.17) is 32.7 Å². The molecular formula is C23H29Cl2N3O6S. The van der Waals surface area contributed by atoms with Gasteiger partial charge in [0.05, 0.1) is 36.2 Å². The molecule has 192 valence electrons. The lowest BCUT2D eigenvalue weighted by molar-refractivity contribution is -0.139. The first kappa shape index (κ1) is 28.5. The summed E-state index contributed by atoms with van der Waals surface area (Å²) in [6.45, 7) is 3.14. The molecule has 0 heterocycles. The second kappa shape index (κ2) is 12.3. The van der Waals surface area contributed by atoms with Crippen LogP contribution in [-0.4, -0.2) is 64.7 Å². The maximum absolute atomic E-state index is 13.5. The maximum atomic E-state index is 13.5. The number of rotatable bonds is 11. The van der Waals surface area contributed by atoms with E-state index in [0.29, 0.717) is 27.9 Å². The number of nitrogens with one attached hydrogen (secondary N) is 1. The highest BCUT2D eigenvalue weighted by Crippen LogP contribution is 2.34. The summed E-state index contributed by atoms with van der Waals surface area (Å²) in [7, 11) is -1.06. The molecular weight excluding hydrogens is 517 g/mol. The molecule has 0 fully saturated rings. The van der Waals surface area contributed by atoms with Crippen molar-refractivity contribution in [2.24, 2.45) is 0 Å². The van der Waals surface area contributed by atoms with Gasteiger partial charge in [-0.2, -0.15) is 0 Å². The predicted molar refractivity (Wildman–Crippen MR) is 137 cm³/mol. The molecule has 35 heavy (non-hydrogen) atoms. The Balaban J connectivity index is 2.47. The molecule has 9 nitrogen and oxygen atoms in total. The average Bonchev–Trinajstić information content (AvgIpc) is 2.81. The summed E-state index contributed by atoms with van der Waals surface area (Å²) in [6, 6.07) is 8.53. The first-order chi connectivity index (χ1) is 16.4. The van der Waals surface area contributed by atoms with Crippen molar-refractivity contribution in [3.63, 3.8) is 0 Å². The third-order valence-electron chi connectivity index (χ3n) is 5.19. The fourth-order valence-corrected chi connectivity index (χ4v) is 4.50. The van der Waals surface area contributed by atoms with Crippen LogP contribution in [0.3, 0.4) is 0 Å². The molecule has 0 saturated carbocycles. The van der Waals surface area contributed by atoms with Crippen molar-refractivity contribution in [1.82, 2.24) is 10.2 Å². The zero-order valence-electron chi connectivity index (χ0n) is 20.2. The van der Waals surface area contributed by atoms with Crippen LogP contribution < -0.4 is 19.1 Å². The predicted octanol–water partition coefficient (Wildman–Crippen LogP) is 3.33. The standard InChI is InChI=1S/C23H29Cl2N3O6S/c1-6-26-23(30)15(2)27(13-16-7-9-18(24)19(25)11-16)22(29)14-28(35(5,31)32)20-10-8-17(33-3)12-21(20)34-4/h7-12,15H,6,13-14H2,1-5H3,(H,26,30)/t15-/m1/s1. The Morgan fingerprint density at radius 1 is 1.06 bits per heavy atom. The van der Waals surface area contributed by atoms with Gasteiger partial charge in [0.1, 0.15) is 24.1 Å². The number of likely N-dealkylation sites (N-methyl/N-ethyl adjacent to an activating group) is 1. The quantitative estimate of drug-likeness (QED) is 0.464. The van der Waals surface area contributed by atoms with E-state index in [1.54, 1.807) is 38.1 Å². The summed E-state index contributed by atoms with van der Waals surface area (Å²) in [5.41, 5.74) is 0.779. The second-order valence-electron chi connectivity index (χ2n) is 7.65. The van der Waals surface area contributed by atoms with Crippen LogP contribution in [0.5, 0.6) is 11.5 Å². The number of carbonyl (C=O) groups excluding carboxylic acids is 2. The molecule has 1 N–H and O–H groups in total. The third kappa shape index (κ3) is 7.39. The molecule has 0 bridgehead atoms. The maximum Gasteiger partial charge on any atom is 0.244 e. The van der Waals surface area contributed by atoms with Gasteiger partial charge in [-0.3, -0.25) is 13.9 Å². The fraction of sp³-hybridized carbons (Fsp3) is 0.391. The molecule has 0 aliphatic carbocycles. The third-order valence-corrected chi connectivity index (χ3v) is 7.06. The van der Waals surface area contributed by atoms with Crippen LogP contribution in [0.1, 0.15) is 19.4 Å². The molecule has 0 unspecified atom stereocenters. The Kier molecular flexibility index (Phi) is 10.1. The zero-order valence-corrected chi connectivity index (χ0v) is 22.5. The number of halogens is 2. The number of carbonyl (C=O) groups is 2. The van der Waals surface area contributed by atoms with E-state index >= 15 is 0 Å². The zero-order chi connectivity index (χ0) is 26.3. The summed E-state index contributed by atoms with van der Waals surface area (Å²) in [5.74, 6) is -0.321. The van der Waals surface area contributed by atoms with Crippen molar-refractivity contribution in [2.75, 3.05) is 37.9 Å². The molecule has 0 aromatic heterocycles. The first-order valence-electron chi connectivity index (χ1n) is 10.6. The highest BCUT2D eigenvalue weighted by molar-refractivity contribution is 7.92. The van der Waals surface area contributed by atoms with E-state index in [1.165, 1.54) is 31.3 Å². The molecule has 0 aliphatic rings. The number of nitrogens with zero attached hydrogens (tertiary/aromatic N) is 2. The molecule has 0 radical (unpaired) electrons. The molecule has 12 heteroatoms. The smallest absolute Gasteiger partial charge is 0.244 e. The largest absolute Gasteiger partial charge is 0.497 e. The van der Waals surface area contributed by atoms with Gasteiger partial charge < -0.3 is 19.7 Å². The van der Waals surface area contributed by atoms with E-state index in [9.17, 15) is 18.0 Å². The van der Waals surface area contributed by atoms with Crippen molar-refractivity contribution >= 4 is 50.7 Å². The summed E-state index contributed by atoms with van der Waals surface area (Å²) < 4.78 is 36.9. The number of hydrogen-bond donors (Lipinski definition) is 1. The number of methoxy groups -OCH3 is 2. The number of hydrogen-bond acceptors (Lipinski definition) is 6. The molecule has 2 aromatic carbocycles. The van der Waals surface area contributed by atoms with Crippen LogP contribution in [0.4, 0.5) is 5.69 Å². The SMILES string of the molecule is CCNC(=O)[C@@H](C)N(Cc1ccc(Cl)c(Cl)c1)C(=O)CN(c1ccc(OC)cc1OC)S(C)(=O)=O. The van der Waals surface area contributed by atoms with Gasteiger partial charge in [0, 0.05) is 19.2 Å². The van der Waals surface area contributed by atoms with Crippen molar-refractivity contribution < 1.29 is 27.5 Å². The number of amides is 2. The average molecular weight is 546 g/mol. The number of ether oxygens (including phenoxy) is 2. The summed E-state index contributed by atoms with van der Waals surface area (Å²) in [6.07, 6.45) is 0.987. The van der Waals surface area contributed by atoms with Crippen LogP contribution in [0.25, 0.3) is 0 Å². The fourth-order valence-electron chi connectivity index (χ4n) is 3.32. The van der Waals surface area contributed by atoms with E-state index in [2.05, 4.69) is 5.32 Å². The van der Waals surface area contributed by atoms with Crippen LogP contribution in [0.15, 0.2) is 36.4 Å². The van der Waals surface area contributed by atoms with Crippen LogP contribution >= 0.6 is 23.2 Å². The van der Waals surface area contributed by atoms with E-state index in [-0.39, 0.29) is 23.9 Å². The summed E-state index contributed by atoms with van der Waals surface area (Å²) >= 11 is 12.1.